The van der Waals surface area contributed by atoms with Gasteiger partial charge in [0.1, 0.15) is 11.5 Å². The summed E-state index contributed by atoms with van der Waals surface area (Å²) < 4.78 is 5.51. The van der Waals surface area contributed by atoms with Crippen molar-refractivity contribution in [1.29, 1.82) is 0 Å². The quantitative estimate of drug-likeness (QED) is 0.288. The summed E-state index contributed by atoms with van der Waals surface area (Å²) in [5, 5.41) is 32.4. The molecule has 0 aromatic heterocycles. The van der Waals surface area contributed by atoms with Crippen LogP contribution >= 0.6 is 0 Å². The van der Waals surface area contributed by atoms with Crippen LogP contribution in [0, 0.1) is 13.8 Å². The SMILES string of the molecule is COc1cc(C(c2cc(C3CCCCC3)c(O)cc2C)c2cc(C3CCCCC3)c(O)cc2C)ccc1O. The first-order chi connectivity index (χ1) is 18.4. The van der Waals surface area contributed by atoms with E-state index in [4.69, 9.17) is 4.74 Å². The first kappa shape index (κ1) is 26.5. The zero-order valence-electron chi connectivity index (χ0n) is 23.1. The minimum absolute atomic E-state index is 0.116. The van der Waals surface area contributed by atoms with Crippen molar-refractivity contribution in [3.05, 3.63) is 81.4 Å². The van der Waals surface area contributed by atoms with Crippen molar-refractivity contribution in [2.75, 3.05) is 7.11 Å². The number of phenols is 3. The molecular weight excluding hydrogens is 472 g/mol. The standard InChI is InChI=1S/C34H42O4/c1-21-16-31(36)28(23-10-6-4-7-11-23)19-26(21)34(25-14-15-30(35)33(18-25)38-3)27-20-29(32(37)17-22(27)2)24-12-8-5-9-13-24/h14-20,23-24,34-37H,4-13H2,1-3H3. The van der Waals surface area contributed by atoms with Crippen LogP contribution in [0.15, 0.2) is 42.5 Å². The monoisotopic (exact) mass is 514 g/mol. The van der Waals surface area contributed by atoms with E-state index in [0.717, 1.165) is 64.6 Å². The van der Waals surface area contributed by atoms with Crippen LogP contribution in [0.1, 0.15) is 121 Å². The fourth-order valence-electron chi connectivity index (χ4n) is 6.96. The molecular formula is C34H42O4. The maximum atomic E-state index is 11.0. The van der Waals surface area contributed by atoms with Gasteiger partial charge in [-0.15, -0.1) is 0 Å². The minimum Gasteiger partial charge on any atom is -0.508 e. The highest BCUT2D eigenvalue weighted by atomic mass is 16.5. The fourth-order valence-corrected chi connectivity index (χ4v) is 6.96. The van der Waals surface area contributed by atoms with E-state index in [1.165, 1.54) is 38.5 Å². The molecule has 0 aliphatic heterocycles. The first-order valence-corrected chi connectivity index (χ1v) is 14.4. The van der Waals surface area contributed by atoms with Gasteiger partial charge in [0.2, 0.25) is 0 Å². The number of hydrogen-bond donors (Lipinski definition) is 3. The number of rotatable bonds is 6. The third-order valence-corrected chi connectivity index (χ3v) is 9.08. The van der Waals surface area contributed by atoms with Crippen LogP contribution < -0.4 is 4.74 Å². The van der Waals surface area contributed by atoms with E-state index in [9.17, 15) is 15.3 Å². The van der Waals surface area contributed by atoms with E-state index in [1.54, 1.807) is 13.2 Å². The topological polar surface area (TPSA) is 69.9 Å². The largest absolute Gasteiger partial charge is 0.508 e. The van der Waals surface area contributed by atoms with Crippen molar-refractivity contribution < 1.29 is 20.1 Å². The molecule has 5 rings (SSSR count). The van der Waals surface area contributed by atoms with Crippen molar-refractivity contribution in [1.82, 2.24) is 0 Å². The van der Waals surface area contributed by atoms with Crippen molar-refractivity contribution >= 4 is 0 Å². The van der Waals surface area contributed by atoms with Crippen molar-refractivity contribution in [3.8, 4) is 23.0 Å². The second kappa shape index (κ2) is 11.3. The predicted molar refractivity (Wildman–Crippen MR) is 153 cm³/mol. The molecule has 0 bridgehead atoms. The van der Waals surface area contributed by atoms with E-state index in [2.05, 4.69) is 26.0 Å². The number of aryl methyl sites for hydroxylation is 2. The molecule has 0 spiro atoms. The Labute approximate surface area is 227 Å². The zero-order chi connectivity index (χ0) is 26.8. The molecule has 4 heteroatoms. The lowest BCUT2D eigenvalue weighted by Crippen LogP contribution is -2.12. The second-order valence-corrected chi connectivity index (χ2v) is 11.6. The van der Waals surface area contributed by atoms with Gasteiger partial charge in [0.05, 0.1) is 7.11 Å². The molecule has 4 nitrogen and oxygen atoms in total. The van der Waals surface area contributed by atoms with Gasteiger partial charge in [-0.05, 0) is 115 Å². The van der Waals surface area contributed by atoms with Crippen LogP contribution in [0.4, 0.5) is 0 Å². The van der Waals surface area contributed by atoms with Crippen LogP contribution in [-0.2, 0) is 0 Å². The molecule has 3 aromatic rings. The Morgan fingerprint density at radius 1 is 0.632 bits per heavy atom. The summed E-state index contributed by atoms with van der Waals surface area (Å²) in [6.07, 6.45) is 11.8. The molecule has 38 heavy (non-hydrogen) atoms. The summed E-state index contributed by atoms with van der Waals surface area (Å²) in [4.78, 5) is 0. The van der Waals surface area contributed by atoms with E-state index in [0.29, 0.717) is 29.1 Å². The van der Waals surface area contributed by atoms with E-state index < -0.39 is 0 Å². The fraction of sp³-hybridized carbons (Fsp3) is 0.471. The molecule has 0 saturated heterocycles. The number of hydrogen-bond acceptors (Lipinski definition) is 4. The van der Waals surface area contributed by atoms with Crippen LogP contribution in [0.3, 0.4) is 0 Å². The Morgan fingerprint density at radius 2 is 1.11 bits per heavy atom. The van der Waals surface area contributed by atoms with E-state index in [1.807, 2.05) is 24.3 Å². The molecule has 3 N–H and O–H groups in total. The third kappa shape index (κ3) is 5.23. The normalized spacial score (nSPS) is 17.2. The lowest BCUT2D eigenvalue weighted by molar-refractivity contribution is 0.373. The molecule has 0 heterocycles. The Kier molecular flexibility index (Phi) is 7.88. The van der Waals surface area contributed by atoms with Crippen molar-refractivity contribution in [2.24, 2.45) is 0 Å². The molecule has 0 atom stereocenters. The highest BCUT2D eigenvalue weighted by Crippen LogP contribution is 2.46. The molecule has 3 aromatic carbocycles. The number of ether oxygens (including phenoxy) is 1. The summed E-state index contributed by atoms with van der Waals surface area (Å²) >= 11 is 0. The van der Waals surface area contributed by atoms with Crippen LogP contribution in [-0.4, -0.2) is 22.4 Å². The molecule has 2 saturated carbocycles. The lowest BCUT2D eigenvalue weighted by atomic mass is 9.76. The second-order valence-electron chi connectivity index (χ2n) is 11.6. The van der Waals surface area contributed by atoms with Crippen molar-refractivity contribution in [3.63, 3.8) is 0 Å². The van der Waals surface area contributed by atoms with Gasteiger partial charge in [0.15, 0.2) is 11.5 Å². The Bertz CT molecular complexity index is 1210. The summed E-state index contributed by atoms with van der Waals surface area (Å²) in [6, 6.07) is 13.9. The smallest absolute Gasteiger partial charge is 0.160 e. The summed E-state index contributed by atoms with van der Waals surface area (Å²) in [5.41, 5.74) is 7.48. The first-order valence-electron chi connectivity index (χ1n) is 14.4. The molecule has 202 valence electrons. The molecule has 0 amide bonds. The number of methoxy groups -OCH3 is 1. The summed E-state index contributed by atoms with van der Waals surface area (Å²) in [5.74, 6) is 1.96. The minimum atomic E-state index is -0.129. The molecule has 0 unspecified atom stereocenters. The Morgan fingerprint density at radius 3 is 1.55 bits per heavy atom. The van der Waals surface area contributed by atoms with Gasteiger partial charge in [-0.1, -0.05) is 56.7 Å². The summed E-state index contributed by atoms with van der Waals surface area (Å²) in [7, 11) is 1.58. The Balaban J connectivity index is 1.71. The molecule has 0 radical (unpaired) electrons. The number of benzene rings is 3. The van der Waals surface area contributed by atoms with E-state index >= 15 is 0 Å². The average Bonchev–Trinajstić information content (AvgIpc) is 2.92. The van der Waals surface area contributed by atoms with Crippen molar-refractivity contribution in [2.45, 2.75) is 95.8 Å². The maximum absolute atomic E-state index is 11.0. The number of phenolic OH excluding ortho intramolecular Hbond substituents is 3. The third-order valence-electron chi connectivity index (χ3n) is 9.08. The lowest BCUT2D eigenvalue weighted by Gasteiger charge is -2.29. The highest BCUT2D eigenvalue weighted by molar-refractivity contribution is 5.57. The Hall–Kier alpha value is -3.14. The van der Waals surface area contributed by atoms with Gasteiger partial charge < -0.3 is 20.1 Å². The van der Waals surface area contributed by atoms with Gasteiger partial charge in [0.25, 0.3) is 0 Å². The molecule has 2 fully saturated rings. The maximum Gasteiger partial charge on any atom is 0.160 e. The predicted octanol–water partition coefficient (Wildman–Crippen LogP) is 8.70. The molecule has 2 aliphatic carbocycles. The van der Waals surface area contributed by atoms with Crippen LogP contribution in [0.2, 0.25) is 0 Å². The van der Waals surface area contributed by atoms with Crippen LogP contribution in [0.5, 0.6) is 23.0 Å². The van der Waals surface area contributed by atoms with Gasteiger partial charge in [-0.2, -0.15) is 0 Å². The van der Waals surface area contributed by atoms with Crippen LogP contribution in [0.25, 0.3) is 0 Å². The zero-order valence-corrected chi connectivity index (χ0v) is 23.1. The highest BCUT2D eigenvalue weighted by Gasteiger charge is 2.28. The van der Waals surface area contributed by atoms with Gasteiger partial charge in [-0.3, -0.25) is 0 Å². The van der Waals surface area contributed by atoms with Gasteiger partial charge >= 0.3 is 0 Å². The summed E-state index contributed by atoms with van der Waals surface area (Å²) in [6.45, 7) is 4.14. The van der Waals surface area contributed by atoms with Gasteiger partial charge in [0, 0.05) is 5.92 Å². The van der Waals surface area contributed by atoms with Gasteiger partial charge in [-0.25, -0.2) is 0 Å². The van der Waals surface area contributed by atoms with E-state index in [-0.39, 0.29) is 11.7 Å². The average molecular weight is 515 g/mol. The molecule has 2 aliphatic rings. The number of aromatic hydroxyl groups is 3.